The van der Waals surface area contributed by atoms with Crippen molar-refractivity contribution in [1.29, 1.82) is 0 Å². The van der Waals surface area contributed by atoms with Gasteiger partial charge in [0.1, 0.15) is 0 Å². The Hall–Kier alpha value is 0.610. The van der Waals surface area contributed by atoms with Gasteiger partial charge in [-0.3, -0.25) is 8.42 Å². The van der Waals surface area contributed by atoms with E-state index in [2.05, 4.69) is 0 Å². The van der Waals surface area contributed by atoms with Crippen LogP contribution >= 0.6 is 0 Å². The van der Waals surface area contributed by atoms with Crippen LogP contribution in [0.3, 0.4) is 0 Å². The van der Waals surface area contributed by atoms with Crippen LogP contribution in [0.15, 0.2) is 0 Å². The summed E-state index contributed by atoms with van der Waals surface area (Å²) in [5.41, 5.74) is 0. The zero-order chi connectivity index (χ0) is 4.50. The molecule has 1 radical (unpaired) electrons. The molecule has 6 heteroatoms. The van der Waals surface area contributed by atoms with Crippen molar-refractivity contribution in [3.63, 3.8) is 0 Å². The number of rotatable bonds is 0. The maximum atomic E-state index is 8.52. The SMILES string of the molecule is O=S(=O)([O-])[O-].[Ag+2]. The number of hydrogen-bond acceptors (Lipinski definition) is 4. The van der Waals surface area contributed by atoms with Crippen LogP contribution < -0.4 is 0 Å². The molecule has 0 saturated heterocycles. The molecular weight excluding hydrogens is 204 g/mol. The molecule has 4 nitrogen and oxygen atoms in total. The van der Waals surface area contributed by atoms with Crippen LogP contribution in [0.4, 0.5) is 0 Å². The maximum Gasteiger partial charge on any atom is 2.00 e. The molecule has 0 bridgehead atoms. The first-order valence-corrected chi connectivity index (χ1v) is 2.00. The Kier molecular flexibility index (Phi) is 4.45. The molecule has 0 amide bonds. The van der Waals surface area contributed by atoms with Gasteiger partial charge in [-0.25, -0.2) is 0 Å². The summed E-state index contributed by atoms with van der Waals surface area (Å²) in [5.74, 6) is 0. The summed E-state index contributed by atoms with van der Waals surface area (Å²) in [6.45, 7) is 0. The van der Waals surface area contributed by atoms with Crippen LogP contribution in [0.1, 0.15) is 0 Å². The van der Waals surface area contributed by atoms with Crippen LogP contribution in [0.2, 0.25) is 0 Å². The van der Waals surface area contributed by atoms with Crippen molar-refractivity contribution in [2.45, 2.75) is 0 Å². The Morgan fingerprint density at radius 2 is 1.17 bits per heavy atom. The van der Waals surface area contributed by atoms with Crippen molar-refractivity contribution in [3.8, 4) is 0 Å². The van der Waals surface area contributed by atoms with Crippen molar-refractivity contribution >= 4 is 10.4 Å². The van der Waals surface area contributed by atoms with E-state index < -0.39 is 10.4 Å². The van der Waals surface area contributed by atoms with E-state index in [0.717, 1.165) is 0 Å². The van der Waals surface area contributed by atoms with Gasteiger partial charge in [-0.15, -0.1) is 0 Å². The third kappa shape index (κ3) is 161. The van der Waals surface area contributed by atoms with E-state index in [0.29, 0.717) is 0 Å². The van der Waals surface area contributed by atoms with Crippen LogP contribution in [0.25, 0.3) is 0 Å². The Morgan fingerprint density at radius 3 is 1.17 bits per heavy atom. The second-order valence-electron chi connectivity index (χ2n) is 0.408. The fourth-order valence-corrected chi connectivity index (χ4v) is 0. The van der Waals surface area contributed by atoms with E-state index in [1.165, 1.54) is 0 Å². The molecule has 0 N–H and O–H groups in total. The van der Waals surface area contributed by atoms with Gasteiger partial charge in [0, 0.05) is 10.4 Å². The molecular formula is AgO4S. The standard InChI is InChI=1S/Ag.H2O4S/c;1-5(2,3)4/h;(H2,1,2,3,4)/q+2;/p-2. The fourth-order valence-electron chi connectivity index (χ4n) is 0. The van der Waals surface area contributed by atoms with Crippen molar-refractivity contribution < 1.29 is 39.9 Å². The summed E-state index contributed by atoms with van der Waals surface area (Å²) in [5, 5.41) is 0. The van der Waals surface area contributed by atoms with Crippen molar-refractivity contribution in [3.05, 3.63) is 0 Å². The average molecular weight is 204 g/mol. The Labute approximate surface area is 50.6 Å². The Balaban J connectivity index is 0. The number of hydrogen-bond donors (Lipinski definition) is 0. The summed E-state index contributed by atoms with van der Waals surface area (Å²) in [7, 11) is -5.17. The topological polar surface area (TPSA) is 80.3 Å². The molecule has 0 spiro atoms. The first-order chi connectivity index (χ1) is 2.00. The molecule has 0 aromatic carbocycles. The van der Waals surface area contributed by atoms with E-state index in [4.69, 9.17) is 17.5 Å². The maximum absolute atomic E-state index is 8.52. The van der Waals surface area contributed by atoms with E-state index in [1.807, 2.05) is 0 Å². The largest absolute Gasteiger partial charge is 2.00 e. The first kappa shape index (κ1) is 9.79. The van der Waals surface area contributed by atoms with Gasteiger partial charge in [0.05, 0.1) is 0 Å². The minimum Gasteiger partial charge on any atom is -0.759 e. The molecule has 0 aliphatic heterocycles. The van der Waals surface area contributed by atoms with E-state index in [-0.39, 0.29) is 22.4 Å². The third-order valence-corrected chi connectivity index (χ3v) is 0. The molecule has 0 atom stereocenters. The van der Waals surface area contributed by atoms with Gasteiger partial charge in [-0.1, -0.05) is 0 Å². The molecule has 0 unspecified atom stereocenters. The second-order valence-corrected chi connectivity index (χ2v) is 1.22. The second kappa shape index (κ2) is 2.73. The molecule has 0 aromatic rings. The molecule has 0 rings (SSSR count). The predicted molar refractivity (Wildman–Crippen MR) is 10.5 cm³/mol. The molecule has 6 heavy (non-hydrogen) atoms. The molecule has 0 saturated carbocycles. The zero-order valence-electron chi connectivity index (χ0n) is 2.34. The molecule has 0 aromatic heterocycles. The van der Waals surface area contributed by atoms with Crippen LogP contribution in [0, 0.1) is 0 Å². The summed E-state index contributed by atoms with van der Waals surface area (Å²) in [6.07, 6.45) is 0. The minimum atomic E-state index is -5.17. The fraction of sp³-hybridized carbons (Fsp3) is 0. The summed E-state index contributed by atoms with van der Waals surface area (Å²) >= 11 is 0. The van der Waals surface area contributed by atoms with Crippen molar-refractivity contribution in [2.75, 3.05) is 0 Å². The monoisotopic (exact) mass is 203 g/mol. The quantitative estimate of drug-likeness (QED) is 0.278. The molecule has 0 aliphatic carbocycles. The Bertz CT molecular complexity index is 90.7. The summed E-state index contributed by atoms with van der Waals surface area (Å²) in [6, 6.07) is 0. The van der Waals surface area contributed by atoms with E-state index in [1.54, 1.807) is 0 Å². The molecule has 0 fully saturated rings. The average Bonchev–Trinajstić information content (AvgIpc) is 0.722. The summed E-state index contributed by atoms with van der Waals surface area (Å²) < 4.78 is 34.1. The smallest absolute Gasteiger partial charge is 0.759 e. The molecule has 0 heterocycles. The van der Waals surface area contributed by atoms with Gasteiger partial charge >= 0.3 is 22.4 Å². The van der Waals surface area contributed by atoms with Crippen LogP contribution in [-0.4, -0.2) is 17.5 Å². The van der Waals surface area contributed by atoms with Gasteiger partial charge < -0.3 is 9.11 Å². The third-order valence-electron chi connectivity index (χ3n) is 0. The minimum absolute atomic E-state index is 0. The van der Waals surface area contributed by atoms with Crippen molar-refractivity contribution in [2.24, 2.45) is 0 Å². The zero-order valence-corrected chi connectivity index (χ0v) is 4.64. The van der Waals surface area contributed by atoms with Gasteiger partial charge in [-0.05, 0) is 0 Å². The van der Waals surface area contributed by atoms with Gasteiger partial charge in [0.2, 0.25) is 0 Å². The normalized spacial score (nSPS) is 9.67. The van der Waals surface area contributed by atoms with Crippen LogP contribution in [0.5, 0.6) is 0 Å². The van der Waals surface area contributed by atoms with Crippen molar-refractivity contribution in [1.82, 2.24) is 0 Å². The Morgan fingerprint density at radius 1 is 1.17 bits per heavy atom. The molecule has 0 aliphatic rings. The molecule has 41 valence electrons. The van der Waals surface area contributed by atoms with Crippen LogP contribution in [-0.2, 0) is 32.8 Å². The van der Waals surface area contributed by atoms with Gasteiger partial charge in [-0.2, -0.15) is 0 Å². The summed E-state index contributed by atoms with van der Waals surface area (Å²) in [4.78, 5) is 0. The van der Waals surface area contributed by atoms with Gasteiger partial charge in [0.25, 0.3) is 0 Å². The van der Waals surface area contributed by atoms with E-state index in [9.17, 15) is 0 Å². The first-order valence-electron chi connectivity index (χ1n) is 0.667. The van der Waals surface area contributed by atoms with E-state index >= 15 is 0 Å². The van der Waals surface area contributed by atoms with Gasteiger partial charge in [0.15, 0.2) is 0 Å². The predicted octanol–water partition coefficient (Wildman–Crippen LogP) is -1.34.